The number of alkyl halides is 3. The average Bonchev–Trinajstić information content (AvgIpc) is 2.78. The second-order valence-electron chi connectivity index (χ2n) is 7.60. The first-order valence-corrected chi connectivity index (χ1v) is 11.4. The Morgan fingerprint density at radius 1 is 1.09 bits per heavy atom. The summed E-state index contributed by atoms with van der Waals surface area (Å²) >= 11 is 0. The highest BCUT2D eigenvalue weighted by Crippen LogP contribution is 2.32. The summed E-state index contributed by atoms with van der Waals surface area (Å²) in [6.45, 7) is 0.190. The van der Waals surface area contributed by atoms with E-state index in [2.05, 4.69) is 10.3 Å². The maximum atomic E-state index is 13.3. The fraction of sp³-hybridized carbons (Fsp3) is 0.273. The molecule has 1 fully saturated rings. The number of pyridine rings is 1. The van der Waals surface area contributed by atoms with Gasteiger partial charge in [-0.25, -0.2) is 8.42 Å². The van der Waals surface area contributed by atoms with Crippen molar-refractivity contribution in [3.8, 4) is 0 Å². The molecule has 6 nitrogen and oxygen atoms in total. The van der Waals surface area contributed by atoms with Crippen LogP contribution in [0.15, 0.2) is 65.7 Å². The molecule has 168 valence electrons. The van der Waals surface area contributed by atoms with Gasteiger partial charge in [-0.05, 0) is 43.2 Å². The minimum atomic E-state index is -4.52. The Kier molecular flexibility index (Phi) is 5.91. The van der Waals surface area contributed by atoms with Gasteiger partial charge in [-0.15, -0.1) is 0 Å². The van der Waals surface area contributed by atoms with Gasteiger partial charge in [-0.3, -0.25) is 9.78 Å². The summed E-state index contributed by atoms with van der Waals surface area (Å²) in [5.41, 5.74) is -0.500. The van der Waals surface area contributed by atoms with E-state index in [1.54, 1.807) is 24.3 Å². The van der Waals surface area contributed by atoms with Crippen molar-refractivity contribution in [1.29, 1.82) is 0 Å². The van der Waals surface area contributed by atoms with Gasteiger partial charge in [-0.1, -0.05) is 24.3 Å². The molecule has 1 aromatic heterocycles. The van der Waals surface area contributed by atoms with Crippen molar-refractivity contribution in [1.82, 2.24) is 9.29 Å². The van der Waals surface area contributed by atoms with Crippen molar-refractivity contribution in [3.05, 3.63) is 66.4 Å². The number of benzene rings is 2. The molecule has 0 spiro atoms. The van der Waals surface area contributed by atoms with E-state index >= 15 is 0 Å². The van der Waals surface area contributed by atoms with Crippen molar-refractivity contribution < 1.29 is 26.4 Å². The molecule has 1 aliphatic rings. The number of hydrogen-bond acceptors (Lipinski definition) is 4. The Bertz CT molecular complexity index is 1260. The second-order valence-corrected chi connectivity index (χ2v) is 9.51. The predicted molar refractivity (Wildman–Crippen MR) is 113 cm³/mol. The zero-order chi connectivity index (χ0) is 22.9. The number of aromatic nitrogens is 1. The van der Waals surface area contributed by atoms with E-state index in [4.69, 9.17) is 0 Å². The Labute approximate surface area is 183 Å². The van der Waals surface area contributed by atoms with E-state index < -0.39 is 33.6 Å². The maximum absolute atomic E-state index is 13.3. The summed E-state index contributed by atoms with van der Waals surface area (Å²) in [4.78, 5) is 17.0. The van der Waals surface area contributed by atoms with Crippen LogP contribution in [0.1, 0.15) is 18.4 Å². The Morgan fingerprint density at radius 2 is 1.84 bits per heavy atom. The summed E-state index contributed by atoms with van der Waals surface area (Å²) in [6.07, 6.45) is -2.12. The summed E-state index contributed by atoms with van der Waals surface area (Å²) < 4.78 is 66.6. The molecule has 2 aromatic carbocycles. The lowest BCUT2D eigenvalue weighted by Crippen LogP contribution is -2.43. The van der Waals surface area contributed by atoms with Gasteiger partial charge in [0.15, 0.2) is 0 Å². The second kappa shape index (κ2) is 8.51. The number of nitrogens with one attached hydrogen (secondary N) is 1. The molecule has 10 heteroatoms. The maximum Gasteiger partial charge on any atom is 0.416 e. The van der Waals surface area contributed by atoms with Crippen LogP contribution in [0, 0.1) is 5.92 Å². The third-order valence-electron chi connectivity index (χ3n) is 5.43. The molecule has 1 atom stereocenters. The Hall–Kier alpha value is -2.98. The number of sulfonamides is 1. The summed E-state index contributed by atoms with van der Waals surface area (Å²) in [5.74, 6) is -1.20. The number of piperidine rings is 1. The molecule has 2 heterocycles. The number of fused-ring (bicyclic) bond motifs is 1. The van der Waals surface area contributed by atoms with Crippen molar-refractivity contribution in [2.75, 3.05) is 18.4 Å². The smallest absolute Gasteiger partial charge is 0.326 e. The quantitative estimate of drug-likeness (QED) is 0.626. The lowest BCUT2D eigenvalue weighted by atomic mass is 9.98. The van der Waals surface area contributed by atoms with E-state index in [0.29, 0.717) is 23.7 Å². The van der Waals surface area contributed by atoms with Crippen molar-refractivity contribution >= 4 is 32.5 Å². The van der Waals surface area contributed by atoms with Crippen LogP contribution in [-0.4, -0.2) is 36.7 Å². The first-order chi connectivity index (χ1) is 15.2. The summed E-state index contributed by atoms with van der Waals surface area (Å²) in [7, 11) is -3.91. The molecule has 0 bridgehead atoms. The van der Waals surface area contributed by atoms with Gasteiger partial charge in [0.05, 0.1) is 17.0 Å². The van der Waals surface area contributed by atoms with E-state index in [9.17, 15) is 26.4 Å². The lowest BCUT2D eigenvalue weighted by Gasteiger charge is -2.31. The molecule has 4 rings (SSSR count). The number of nitrogens with zero attached hydrogens (tertiary/aromatic N) is 2. The van der Waals surface area contributed by atoms with Crippen molar-refractivity contribution in [2.45, 2.75) is 23.9 Å². The average molecular weight is 463 g/mol. The SMILES string of the molecule is O=C(Nc1cccc(C(F)(F)F)c1)[C@H]1CCCN(S(=O)(=O)c2cccc3cccnc23)C1. The van der Waals surface area contributed by atoms with Crippen LogP contribution in [0.4, 0.5) is 18.9 Å². The van der Waals surface area contributed by atoms with Crippen LogP contribution < -0.4 is 5.32 Å². The van der Waals surface area contributed by atoms with Gasteiger partial charge in [0.1, 0.15) is 4.90 Å². The molecular formula is C22H20F3N3O3S. The van der Waals surface area contributed by atoms with Gasteiger partial charge in [0, 0.05) is 30.4 Å². The van der Waals surface area contributed by atoms with Crippen molar-refractivity contribution in [3.63, 3.8) is 0 Å². The minimum absolute atomic E-state index is 0.0167. The molecule has 0 saturated carbocycles. The molecule has 1 N–H and O–H groups in total. The third kappa shape index (κ3) is 4.46. The molecule has 32 heavy (non-hydrogen) atoms. The zero-order valence-electron chi connectivity index (χ0n) is 16.8. The van der Waals surface area contributed by atoms with E-state index in [-0.39, 0.29) is 23.7 Å². The minimum Gasteiger partial charge on any atom is -0.326 e. The van der Waals surface area contributed by atoms with Crippen LogP contribution in [0.25, 0.3) is 10.9 Å². The van der Waals surface area contributed by atoms with Gasteiger partial charge in [0.25, 0.3) is 0 Å². The predicted octanol–water partition coefficient (Wildman–Crippen LogP) is 4.29. The third-order valence-corrected chi connectivity index (χ3v) is 7.32. The van der Waals surface area contributed by atoms with Gasteiger partial charge < -0.3 is 5.32 Å². The number of hydrogen-bond donors (Lipinski definition) is 1. The number of rotatable bonds is 4. The van der Waals surface area contributed by atoms with E-state index in [0.717, 1.165) is 12.1 Å². The van der Waals surface area contributed by atoms with E-state index in [1.165, 1.54) is 28.7 Å². The van der Waals surface area contributed by atoms with Gasteiger partial charge in [-0.2, -0.15) is 17.5 Å². The topological polar surface area (TPSA) is 79.4 Å². The lowest BCUT2D eigenvalue weighted by molar-refractivity contribution is -0.137. The van der Waals surface area contributed by atoms with E-state index in [1.807, 2.05) is 0 Å². The van der Waals surface area contributed by atoms with Crippen LogP contribution in [-0.2, 0) is 21.0 Å². The monoisotopic (exact) mass is 463 g/mol. The van der Waals surface area contributed by atoms with Gasteiger partial charge >= 0.3 is 6.18 Å². The highest BCUT2D eigenvalue weighted by atomic mass is 32.2. The van der Waals surface area contributed by atoms with Gasteiger partial charge in [0.2, 0.25) is 15.9 Å². The highest BCUT2D eigenvalue weighted by molar-refractivity contribution is 7.89. The number of amides is 1. The van der Waals surface area contributed by atoms with Crippen molar-refractivity contribution in [2.24, 2.45) is 5.92 Å². The molecule has 0 radical (unpaired) electrons. The number of carbonyl (C=O) groups excluding carboxylic acids is 1. The highest BCUT2D eigenvalue weighted by Gasteiger charge is 2.35. The normalized spacial score (nSPS) is 17.9. The molecule has 0 aliphatic carbocycles. The molecule has 1 amide bonds. The first-order valence-electron chi connectivity index (χ1n) is 9.98. The first kappa shape index (κ1) is 22.2. The van der Waals surface area contributed by atoms with Crippen LogP contribution in [0.2, 0.25) is 0 Å². The summed E-state index contributed by atoms with van der Waals surface area (Å²) in [5, 5.41) is 3.18. The molecular weight excluding hydrogens is 443 g/mol. The Morgan fingerprint density at radius 3 is 2.62 bits per heavy atom. The zero-order valence-corrected chi connectivity index (χ0v) is 17.7. The van der Waals surface area contributed by atoms with Crippen LogP contribution >= 0.6 is 0 Å². The largest absolute Gasteiger partial charge is 0.416 e. The van der Waals surface area contributed by atoms with Crippen LogP contribution in [0.5, 0.6) is 0 Å². The number of halogens is 3. The Balaban J connectivity index is 1.54. The van der Waals surface area contributed by atoms with Crippen LogP contribution in [0.3, 0.4) is 0 Å². The molecule has 1 saturated heterocycles. The fourth-order valence-corrected chi connectivity index (χ4v) is 5.51. The number of carbonyl (C=O) groups is 1. The summed E-state index contributed by atoms with van der Waals surface area (Å²) in [6, 6.07) is 12.7. The number of anilines is 1. The molecule has 1 aliphatic heterocycles. The fourth-order valence-electron chi connectivity index (χ4n) is 3.82. The molecule has 3 aromatic rings. The molecule has 0 unspecified atom stereocenters. The number of para-hydroxylation sites is 1. The standard InChI is InChI=1S/C22H20F3N3O3S/c23-22(24,25)17-8-2-9-18(13-17)27-21(29)16-7-4-12-28(14-16)32(30,31)19-10-1-5-15-6-3-11-26-20(15)19/h1-3,5-6,8-11,13,16H,4,7,12,14H2,(H,27,29)/t16-/m0/s1.